The van der Waals surface area contributed by atoms with E-state index in [1.165, 1.54) is 6.92 Å². The van der Waals surface area contributed by atoms with Crippen LogP contribution in [0.15, 0.2) is 0 Å². The lowest BCUT2D eigenvalue weighted by Gasteiger charge is -2.46. The normalized spacial score (nSPS) is 54.0. The Hall–Kier alpha value is -0.520. The van der Waals surface area contributed by atoms with Crippen LogP contribution in [0.1, 0.15) is 20.3 Å². The highest BCUT2D eigenvalue weighted by molar-refractivity contribution is 4.94. The molecule has 0 aromatic rings. The molecule has 3 heterocycles. The summed E-state index contributed by atoms with van der Waals surface area (Å²) < 4.78 is 26.9. The largest absolute Gasteiger partial charge is 0.394 e. The van der Waals surface area contributed by atoms with Crippen molar-refractivity contribution in [1.29, 1.82) is 0 Å². The van der Waals surface area contributed by atoms with Gasteiger partial charge < -0.3 is 64.5 Å². The van der Waals surface area contributed by atoms with E-state index in [1.54, 1.807) is 6.92 Å². The van der Waals surface area contributed by atoms with Gasteiger partial charge in [0.05, 0.1) is 24.9 Å². The van der Waals surface area contributed by atoms with Crippen molar-refractivity contribution in [3.8, 4) is 0 Å². The zero-order valence-corrected chi connectivity index (χ0v) is 17.1. The minimum atomic E-state index is -1.75. The maximum absolute atomic E-state index is 10.7. The van der Waals surface area contributed by atoms with Crippen LogP contribution >= 0.6 is 0 Å². The fourth-order valence-corrected chi connectivity index (χ4v) is 3.86. The molecule has 0 spiro atoms. The molecule has 13 nitrogen and oxygen atoms in total. The maximum atomic E-state index is 10.7. The lowest BCUT2D eigenvalue weighted by Crippen LogP contribution is -2.64. The second kappa shape index (κ2) is 10.2. The van der Waals surface area contributed by atoms with Gasteiger partial charge in [-0.1, -0.05) is 0 Å². The predicted octanol–water partition coefficient (Wildman–Crippen LogP) is -4.49. The van der Waals surface area contributed by atoms with E-state index in [0.29, 0.717) is 0 Å². The molecule has 0 radical (unpaired) electrons. The molecule has 0 aliphatic carbocycles. The van der Waals surface area contributed by atoms with Crippen LogP contribution in [0.3, 0.4) is 0 Å². The minimum absolute atomic E-state index is 0.0293. The molecule has 14 atom stereocenters. The van der Waals surface area contributed by atoms with Crippen molar-refractivity contribution in [1.82, 2.24) is 0 Å². The van der Waals surface area contributed by atoms with Crippen LogP contribution in [-0.4, -0.2) is 133 Å². The average molecular weight is 456 g/mol. The van der Waals surface area contributed by atoms with Gasteiger partial charge in [-0.3, -0.25) is 0 Å². The van der Waals surface area contributed by atoms with Crippen molar-refractivity contribution in [2.24, 2.45) is 0 Å². The highest BCUT2D eigenvalue weighted by atomic mass is 16.7. The van der Waals surface area contributed by atoms with Gasteiger partial charge in [0.1, 0.15) is 48.8 Å². The van der Waals surface area contributed by atoms with Crippen molar-refractivity contribution in [2.75, 3.05) is 6.61 Å². The van der Waals surface area contributed by atoms with Crippen LogP contribution in [-0.2, 0) is 23.7 Å². The van der Waals surface area contributed by atoms with Gasteiger partial charge in [-0.25, -0.2) is 0 Å². The van der Waals surface area contributed by atoms with Gasteiger partial charge in [0.2, 0.25) is 0 Å². The van der Waals surface area contributed by atoms with Crippen molar-refractivity contribution < 1.29 is 64.5 Å². The second-order valence-corrected chi connectivity index (χ2v) is 8.20. The molecule has 0 unspecified atom stereocenters. The van der Waals surface area contributed by atoms with Crippen molar-refractivity contribution in [2.45, 2.75) is 106 Å². The molecule has 3 aliphatic heterocycles. The summed E-state index contributed by atoms with van der Waals surface area (Å²) >= 11 is 0. The SMILES string of the molecule is C[C@@H]1O[C@@H](O[C@H]2[C@@H](O)[C@H](O)[C@@H](CO)O[C@@H]2O)[C@H](O)[C@H](O[C@H]2O[C@H](C)[C@H](O)C[C@H]2O)[C@H]1O. The first-order valence-electron chi connectivity index (χ1n) is 10.2. The van der Waals surface area contributed by atoms with E-state index in [4.69, 9.17) is 28.8 Å². The van der Waals surface area contributed by atoms with E-state index in [0.717, 1.165) is 0 Å². The lowest BCUT2D eigenvalue weighted by molar-refractivity contribution is -0.375. The monoisotopic (exact) mass is 456 g/mol. The molecule has 0 bridgehead atoms. The third-order valence-electron chi connectivity index (χ3n) is 5.89. The van der Waals surface area contributed by atoms with Gasteiger partial charge in [-0.15, -0.1) is 0 Å². The Labute approximate surface area is 178 Å². The highest BCUT2D eigenvalue weighted by Crippen LogP contribution is 2.31. The summed E-state index contributed by atoms with van der Waals surface area (Å²) in [5.74, 6) is 0. The van der Waals surface area contributed by atoms with Gasteiger partial charge in [-0.05, 0) is 13.8 Å². The Morgan fingerprint density at radius 3 is 1.94 bits per heavy atom. The molecule has 0 aromatic carbocycles. The number of aliphatic hydroxyl groups excluding tert-OH is 8. The molecular formula is C18H32O13. The van der Waals surface area contributed by atoms with Gasteiger partial charge in [-0.2, -0.15) is 0 Å². The Balaban J connectivity index is 1.70. The first kappa shape index (κ1) is 25.1. The number of rotatable bonds is 5. The number of aliphatic hydroxyl groups is 8. The van der Waals surface area contributed by atoms with Crippen LogP contribution < -0.4 is 0 Å². The molecule has 0 saturated carbocycles. The maximum Gasteiger partial charge on any atom is 0.187 e. The molecule has 13 heteroatoms. The smallest absolute Gasteiger partial charge is 0.187 e. The first-order valence-corrected chi connectivity index (χ1v) is 10.2. The van der Waals surface area contributed by atoms with E-state index < -0.39 is 92.6 Å². The number of hydrogen-bond donors (Lipinski definition) is 8. The molecule has 31 heavy (non-hydrogen) atoms. The Morgan fingerprint density at radius 1 is 0.677 bits per heavy atom. The van der Waals surface area contributed by atoms with E-state index in [-0.39, 0.29) is 6.42 Å². The molecule has 8 N–H and O–H groups in total. The summed E-state index contributed by atoms with van der Waals surface area (Å²) in [5, 5.41) is 80.5. The van der Waals surface area contributed by atoms with Gasteiger partial charge in [0, 0.05) is 6.42 Å². The van der Waals surface area contributed by atoms with Crippen LogP contribution in [0.5, 0.6) is 0 Å². The van der Waals surface area contributed by atoms with Crippen LogP contribution in [0.2, 0.25) is 0 Å². The zero-order chi connectivity index (χ0) is 23.0. The number of hydrogen-bond acceptors (Lipinski definition) is 13. The van der Waals surface area contributed by atoms with E-state index in [1.807, 2.05) is 0 Å². The second-order valence-electron chi connectivity index (χ2n) is 8.20. The predicted molar refractivity (Wildman–Crippen MR) is 97.0 cm³/mol. The summed E-state index contributed by atoms with van der Waals surface area (Å²) in [6, 6.07) is 0. The standard InChI is InChI=1S/C18H32O13/c1-5-7(20)3-8(21)17(27-5)30-14-10(22)6(2)28-18(13(14)25)31-15-12(24)11(23)9(4-19)29-16(15)26/h5-26H,3-4H2,1-2H3/t5-,6+,7-,8-,9-,10+,11-,12+,13-,14-,15+,16+,17-,18+/m1/s1. The molecule has 0 amide bonds. The molecule has 0 aromatic heterocycles. The van der Waals surface area contributed by atoms with Crippen molar-refractivity contribution >= 4 is 0 Å². The lowest BCUT2D eigenvalue weighted by atomic mass is 9.97. The van der Waals surface area contributed by atoms with Crippen LogP contribution in [0.25, 0.3) is 0 Å². The summed E-state index contributed by atoms with van der Waals surface area (Å²) in [4.78, 5) is 0. The Kier molecular flexibility index (Phi) is 8.24. The van der Waals surface area contributed by atoms with Gasteiger partial charge in [0.25, 0.3) is 0 Å². The van der Waals surface area contributed by atoms with Crippen LogP contribution in [0.4, 0.5) is 0 Å². The summed E-state index contributed by atoms with van der Waals surface area (Å²) in [6.45, 7) is 2.39. The summed E-state index contributed by atoms with van der Waals surface area (Å²) in [7, 11) is 0. The molecule has 3 aliphatic rings. The van der Waals surface area contributed by atoms with Gasteiger partial charge >= 0.3 is 0 Å². The minimum Gasteiger partial charge on any atom is -0.394 e. The molecule has 3 saturated heterocycles. The Bertz CT molecular complexity index is 581. The van der Waals surface area contributed by atoms with Gasteiger partial charge in [0.15, 0.2) is 18.9 Å². The Morgan fingerprint density at radius 2 is 1.29 bits per heavy atom. The molecule has 3 fully saturated rings. The molecular weight excluding hydrogens is 424 g/mol. The number of ether oxygens (including phenoxy) is 5. The highest BCUT2D eigenvalue weighted by Gasteiger charge is 2.51. The van der Waals surface area contributed by atoms with Crippen molar-refractivity contribution in [3.05, 3.63) is 0 Å². The fourth-order valence-electron chi connectivity index (χ4n) is 3.86. The third-order valence-corrected chi connectivity index (χ3v) is 5.89. The quantitative estimate of drug-likeness (QED) is 0.196. The summed E-state index contributed by atoms with van der Waals surface area (Å²) in [6.07, 6.45) is -18.7. The van der Waals surface area contributed by atoms with E-state index in [2.05, 4.69) is 0 Å². The van der Waals surface area contributed by atoms with E-state index >= 15 is 0 Å². The average Bonchev–Trinajstić information content (AvgIpc) is 2.72. The molecule has 182 valence electrons. The summed E-state index contributed by atoms with van der Waals surface area (Å²) in [5.41, 5.74) is 0. The van der Waals surface area contributed by atoms with Crippen LogP contribution in [0, 0.1) is 0 Å². The fraction of sp³-hybridized carbons (Fsp3) is 1.00. The topological polar surface area (TPSA) is 208 Å². The molecule has 3 rings (SSSR count). The first-order chi connectivity index (χ1) is 14.5. The third kappa shape index (κ3) is 5.19. The van der Waals surface area contributed by atoms with Crippen molar-refractivity contribution in [3.63, 3.8) is 0 Å². The zero-order valence-electron chi connectivity index (χ0n) is 17.1. The van der Waals surface area contributed by atoms with E-state index in [9.17, 15) is 35.7 Å².